The summed E-state index contributed by atoms with van der Waals surface area (Å²) in [6.07, 6.45) is 8.08. The molecule has 1 amide bonds. The van der Waals surface area contributed by atoms with E-state index in [0.717, 1.165) is 43.9 Å². The molecule has 1 aromatic heterocycles. The van der Waals surface area contributed by atoms with Gasteiger partial charge in [0.2, 0.25) is 5.91 Å². The van der Waals surface area contributed by atoms with Crippen LogP contribution in [0.4, 0.5) is 5.69 Å². The molecule has 2 rings (SSSR count). The number of pyridine rings is 1. The van der Waals surface area contributed by atoms with Gasteiger partial charge in [-0.1, -0.05) is 37.8 Å². The van der Waals surface area contributed by atoms with Gasteiger partial charge < -0.3 is 20.2 Å². The smallest absolute Gasteiger partial charge is 0.226 e. The second-order valence-electron chi connectivity index (χ2n) is 8.08. The van der Waals surface area contributed by atoms with Crippen LogP contribution < -0.4 is 10.2 Å². The molecule has 0 radical (unpaired) electrons. The lowest BCUT2D eigenvalue weighted by atomic mass is 9.98. The Hall–Kier alpha value is -2.83. The molecule has 0 atom stereocenters. The van der Waals surface area contributed by atoms with Crippen LogP contribution in [0.25, 0.3) is 5.57 Å². The molecule has 0 aliphatic carbocycles. The number of hydrogen-bond acceptors (Lipinski definition) is 5. The van der Waals surface area contributed by atoms with E-state index in [0.29, 0.717) is 33.9 Å². The van der Waals surface area contributed by atoms with Gasteiger partial charge in [-0.25, -0.2) is 0 Å². The van der Waals surface area contributed by atoms with E-state index in [4.69, 9.17) is 11.6 Å². The van der Waals surface area contributed by atoms with Crippen LogP contribution in [-0.4, -0.2) is 54.1 Å². The number of amides is 1. The van der Waals surface area contributed by atoms with Crippen molar-refractivity contribution in [2.24, 2.45) is 0 Å². The van der Waals surface area contributed by atoms with Crippen LogP contribution in [-0.2, 0) is 4.79 Å². The van der Waals surface area contributed by atoms with E-state index in [9.17, 15) is 9.90 Å². The monoisotopic (exact) mass is 470 g/mol. The first kappa shape index (κ1) is 26.4. The van der Waals surface area contributed by atoms with Gasteiger partial charge in [0.15, 0.2) is 0 Å². The molecule has 0 bridgehead atoms. The summed E-state index contributed by atoms with van der Waals surface area (Å²) in [6, 6.07) is 2.00. The van der Waals surface area contributed by atoms with Gasteiger partial charge in [-0.3, -0.25) is 9.78 Å². The quantitative estimate of drug-likeness (QED) is 0.384. The van der Waals surface area contributed by atoms with E-state index >= 15 is 0 Å². The predicted molar refractivity (Wildman–Crippen MR) is 138 cm³/mol. The van der Waals surface area contributed by atoms with Crippen LogP contribution in [0.3, 0.4) is 0 Å². The van der Waals surface area contributed by atoms with Gasteiger partial charge in [-0.2, -0.15) is 0 Å². The molecule has 0 spiro atoms. The van der Waals surface area contributed by atoms with Crippen molar-refractivity contribution in [2.45, 2.75) is 33.6 Å². The van der Waals surface area contributed by atoms with Crippen LogP contribution >= 0.6 is 11.6 Å². The molecule has 0 unspecified atom stereocenters. The summed E-state index contributed by atoms with van der Waals surface area (Å²) in [6.45, 7) is 17.2. The third-order valence-electron chi connectivity index (χ3n) is 5.77. The molecule has 1 fully saturated rings. The van der Waals surface area contributed by atoms with Crippen molar-refractivity contribution in [3.8, 4) is 0 Å². The van der Waals surface area contributed by atoms with Crippen molar-refractivity contribution in [2.75, 3.05) is 38.1 Å². The predicted octanol–water partition coefficient (Wildman–Crippen LogP) is 5.18. The van der Waals surface area contributed by atoms with Gasteiger partial charge in [0.25, 0.3) is 0 Å². The standard InChI is InChI=1S/C26H35ClN4O2/c1-7-9-25(32)30(6)20(5)24(27)14-18(3)19(4)26(33)23(8-2)21-15-22(17-29-16-21)31-12-10-28-11-13-31/h8,14-17,28,33H,2,4,7,9-13H2,1,3,5-6H3/b18-14+,24-20-,26-23-. The average molecular weight is 471 g/mol. The Balaban J connectivity index is 2.33. The number of halogens is 1. The lowest BCUT2D eigenvalue weighted by Gasteiger charge is -2.29. The van der Waals surface area contributed by atoms with Gasteiger partial charge in [0.1, 0.15) is 5.76 Å². The first-order valence-electron chi connectivity index (χ1n) is 11.2. The fourth-order valence-corrected chi connectivity index (χ4v) is 3.77. The number of piperazine rings is 1. The SMILES string of the molecule is C=C/C(=C(/O)C(=C)/C(C)=C/C(Cl)=C(\C)N(C)C(=O)CCC)c1cncc(N2CCNCC2)c1. The third-order valence-corrected chi connectivity index (χ3v) is 6.15. The Morgan fingerprint density at radius 2 is 2.00 bits per heavy atom. The summed E-state index contributed by atoms with van der Waals surface area (Å²) in [4.78, 5) is 20.4. The van der Waals surface area contributed by atoms with Crippen molar-refractivity contribution < 1.29 is 9.90 Å². The number of nitrogens with zero attached hydrogens (tertiary/aromatic N) is 3. The minimum atomic E-state index is 0.00610. The largest absolute Gasteiger partial charge is 0.507 e. The molecule has 2 N–H and O–H groups in total. The first-order chi connectivity index (χ1) is 15.7. The Kier molecular flexibility index (Phi) is 9.95. The lowest BCUT2D eigenvalue weighted by molar-refractivity contribution is -0.128. The topological polar surface area (TPSA) is 68.7 Å². The van der Waals surface area contributed by atoms with Gasteiger partial charge in [0.05, 0.1) is 16.9 Å². The molecule has 2 heterocycles. The van der Waals surface area contributed by atoms with Crippen molar-refractivity contribution >= 4 is 28.8 Å². The van der Waals surface area contributed by atoms with E-state index in [1.165, 1.54) is 0 Å². The maximum Gasteiger partial charge on any atom is 0.226 e. The highest BCUT2D eigenvalue weighted by Gasteiger charge is 2.16. The lowest BCUT2D eigenvalue weighted by Crippen LogP contribution is -2.43. The molecular weight excluding hydrogens is 436 g/mol. The summed E-state index contributed by atoms with van der Waals surface area (Å²) in [5.74, 6) is 0.0159. The maximum atomic E-state index is 12.2. The van der Waals surface area contributed by atoms with Crippen LogP contribution in [0.2, 0.25) is 0 Å². The zero-order chi connectivity index (χ0) is 24.5. The van der Waals surface area contributed by atoms with Gasteiger partial charge in [0, 0.05) is 68.3 Å². The highest BCUT2D eigenvalue weighted by Crippen LogP contribution is 2.29. The normalized spacial score (nSPS) is 16.0. The second kappa shape index (κ2) is 12.4. The fourth-order valence-electron chi connectivity index (χ4n) is 3.48. The van der Waals surface area contributed by atoms with E-state index in [-0.39, 0.29) is 11.7 Å². The molecule has 1 aliphatic heterocycles. The molecule has 0 aromatic carbocycles. The highest BCUT2D eigenvalue weighted by atomic mass is 35.5. The van der Waals surface area contributed by atoms with E-state index in [1.807, 2.05) is 26.1 Å². The zero-order valence-corrected chi connectivity index (χ0v) is 20.9. The summed E-state index contributed by atoms with van der Waals surface area (Å²) in [5, 5.41) is 14.8. The Morgan fingerprint density at radius 1 is 1.33 bits per heavy atom. The van der Waals surface area contributed by atoms with Crippen molar-refractivity contribution in [1.82, 2.24) is 15.2 Å². The summed E-state index contributed by atoms with van der Waals surface area (Å²) < 4.78 is 0. The molecule has 7 heteroatoms. The molecule has 1 saturated heterocycles. The van der Waals surface area contributed by atoms with Crippen LogP contribution in [0, 0.1) is 0 Å². The van der Waals surface area contributed by atoms with E-state index in [1.54, 1.807) is 37.2 Å². The summed E-state index contributed by atoms with van der Waals surface area (Å²) >= 11 is 6.48. The van der Waals surface area contributed by atoms with Crippen LogP contribution in [0.15, 0.2) is 71.4 Å². The maximum absolute atomic E-state index is 12.2. The Bertz CT molecular complexity index is 988. The number of aromatic nitrogens is 1. The second-order valence-corrected chi connectivity index (χ2v) is 8.48. The van der Waals surface area contributed by atoms with Gasteiger partial charge in [-0.15, -0.1) is 0 Å². The molecule has 178 valence electrons. The third kappa shape index (κ3) is 6.83. The number of rotatable bonds is 9. The number of anilines is 1. The summed E-state index contributed by atoms with van der Waals surface area (Å²) in [5.41, 5.74) is 4.05. The number of aliphatic hydroxyl groups is 1. The van der Waals surface area contributed by atoms with Gasteiger partial charge >= 0.3 is 0 Å². The van der Waals surface area contributed by atoms with Crippen LogP contribution in [0.5, 0.6) is 0 Å². The van der Waals surface area contributed by atoms with E-state index in [2.05, 4.69) is 28.4 Å². The van der Waals surface area contributed by atoms with E-state index < -0.39 is 0 Å². The number of hydrogen-bond donors (Lipinski definition) is 2. The first-order valence-corrected chi connectivity index (χ1v) is 11.6. The molecular formula is C26H35ClN4O2. The number of aliphatic hydroxyl groups excluding tert-OH is 1. The Labute approximate surface area is 202 Å². The number of nitrogens with one attached hydrogen (secondary N) is 1. The van der Waals surface area contributed by atoms with Crippen molar-refractivity contribution in [3.05, 3.63) is 77.0 Å². The number of carbonyl (C=O) groups is 1. The van der Waals surface area contributed by atoms with Crippen molar-refractivity contribution in [1.29, 1.82) is 0 Å². The van der Waals surface area contributed by atoms with Crippen molar-refractivity contribution in [3.63, 3.8) is 0 Å². The van der Waals surface area contributed by atoms with Crippen LogP contribution in [0.1, 0.15) is 39.2 Å². The number of allylic oxidation sites excluding steroid dienone is 6. The number of carbonyl (C=O) groups excluding carboxylic acids is 1. The molecule has 6 nitrogen and oxygen atoms in total. The average Bonchev–Trinajstić information content (AvgIpc) is 2.83. The minimum absolute atomic E-state index is 0.00610. The zero-order valence-electron chi connectivity index (χ0n) is 20.1. The van der Waals surface area contributed by atoms with Gasteiger partial charge in [-0.05, 0) is 38.0 Å². The highest BCUT2D eigenvalue weighted by molar-refractivity contribution is 6.31. The molecule has 0 saturated carbocycles. The molecule has 1 aliphatic rings. The fraction of sp³-hybridized carbons (Fsp3) is 0.385. The summed E-state index contributed by atoms with van der Waals surface area (Å²) in [7, 11) is 1.71. The molecule has 1 aromatic rings. The Morgan fingerprint density at radius 3 is 2.61 bits per heavy atom. The molecule has 33 heavy (non-hydrogen) atoms. The minimum Gasteiger partial charge on any atom is -0.507 e.